The number of fused-ring (bicyclic) bond motifs is 1. The van der Waals surface area contributed by atoms with Crippen molar-refractivity contribution in [3.8, 4) is 0 Å². The summed E-state index contributed by atoms with van der Waals surface area (Å²) in [5, 5.41) is 2.78. The number of allylic oxidation sites excluding steroid dienone is 1. The minimum absolute atomic E-state index is 0.939. The summed E-state index contributed by atoms with van der Waals surface area (Å²) in [6.07, 6.45) is 7.05. The van der Waals surface area contributed by atoms with Crippen molar-refractivity contribution in [2.75, 3.05) is 0 Å². The van der Waals surface area contributed by atoms with E-state index >= 15 is 0 Å². The maximum Gasteiger partial charge on any atom is -0.0111 e. The molecule has 0 heteroatoms. The van der Waals surface area contributed by atoms with Crippen molar-refractivity contribution in [1.82, 2.24) is 0 Å². The van der Waals surface area contributed by atoms with Crippen LogP contribution in [0.5, 0.6) is 0 Å². The highest BCUT2D eigenvalue weighted by Crippen LogP contribution is 2.66. The minimum atomic E-state index is 0.939. The third-order valence-electron chi connectivity index (χ3n) is 5.86. The molecule has 0 nitrogen and oxygen atoms in total. The summed E-state index contributed by atoms with van der Waals surface area (Å²) >= 11 is 0. The van der Waals surface area contributed by atoms with Gasteiger partial charge in [-0.25, -0.2) is 0 Å². The molecule has 0 N–H and O–H groups in total. The van der Waals surface area contributed by atoms with Gasteiger partial charge in [0.15, 0.2) is 0 Å². The van der Waals surface area contributed by atoms with Gasteiger partial charge in [-0.1, -0.05) is 54.1 Å². The standard InChI is InChI=1S/C19H18/c1-2-7-16-12(4-1)5-3-6-13(16)9-19-17-10-14-8-15(17)11-18(14)19/h1-7,9,14-15,17-18H,8,10-11H2/t14-,15-,17-,18-/m0/s1. The van der Waals surface area contributed by atoms with Crippen LogP contribution in [0.15, 0.2) is 48.0 Å². The minimum Gasteiger partial charge on any atom is -0.0628 e. The van der Waals surface area contributed by atoms with E-state index in [0.29, 0.717) is 0 Å². The molecule has 0 unspecified atom stereocenters. The first-order valence-electron chi connectivity index (χ1n) is 7.59. The van der Waals surface area contributed by atoms with Gasteiger partial charge in [-0.2, -0.15) is 0 Å². The van der Waals surface area contributed by atoms with Crippen LogP contribution < -0.4 is 0 Å². The molecule has 4 aliphatic carbocycles. The molecule has 0 heterocycles. The summed E-state index contributed by atoms with van der Waals surface area (Å²) in [5.41, 5.74) is 3.23. The summed E-state index contributed by atoms with van der Waals surface area (Å²) in [6.45, 7) is 0. The van der Waals surface area contributed by atoms with E-state index in [9.17, 15) is 0 Å². The molecule has 4 bridgehead atoms. The van der Waals surface area contributed by atoms with Crippen molar-refractivity contribution in [2.45, 2.75) is 19.3 Å². The monoisotopic (exact) mass is 246 g/mol. The molecule has 4 atom stereocenters. The predicted octanol–water partition coefficient (Wildman–Crippen LogP) is 4.90. The molecule has 4 aliphatic rings. The number of hydrogen-bond donors (Lipinski definition) is 0. The van der Waals surface area contributed by atoms with E-state index in [2.05, 4.69) is 48.5 Å². The van der Waals surface area contributed by atoms with E-state index < -0.39 is 0 Å². The lowest BCUT2D eigenvalue weighted by molar-refractivity contribution is 0.457. The van der Waals surface area contributed by atoms with Gasteiger partial charge in [0.1, 0.15) is 0 Å². The summed E-state index contributed by atoms with van der Waals surface area (Å²) < 4.78 is 0. The number of benzene rings is 2. The average molecular weight is 246 g/mol. The van der Waals surface area contributed by atoms with E-state index in [-0.39, 0.29) is 0 Å². The second kappa shape index (κ2) is 3.50. The van der Waals surface area contributed by atoms with Crippen LogP contribution in [0.1, 0.15) is 24.8 Å². The van der Waals surface area contributed by atoms with Crippen LogP contribution in [-0.2, 0) is 0 Å². The fourth-order valence-corrected chi connectivity index (χ4v) is 5.14. The van der Waals surface area contributed by atoms with Crippen molar-refractivity contribution >= 4 is 16.8 Å². The zero-order valence-corrected chi connectivity index (χ0v) is 11.0. The lowest BCUT2D eigenvalue weighted by Gasteiger charge is -2.13. The van der Waals surface area contributed by atoms with E-state index in [0.717, 1.165) is 23.7 Å². The van der Waals surface area contributed by atoms with E-state index in [1.54, 1.807) is 5.57 Å². The van der Waals surface area contributed by atoms with Crippen molar-refractivity contribution in [3.05, 3.63) is 53.6 Å². The molecule has 6 rings (SSSR count). The highest BCUT2D eigenvalue weighted by molar-refractivity contribution is 5.91. The van der Waals surface area contributed by atoms with Crippen LogP contribution >= 0.6 is 0 Å². The molecule has 19 heavy (non-hydrogen) atoms. The molecule has 0 saturated heterocycles. The van der Waals surface area contributed by atoms with Gasteiger partial charge in [-0.05, 0) is 59.3 Å². The van der Waals surface area contributed by atoms with Gasteiger partial charge < -0.3 is 0 Å². The van der Waals surface area contributed by atoms with Crippen LogP contribution in [-0.4, -0.2) is 0 Å². The van der Waals surface area contributed by atoms with Crippen LogP contribution in [0.3, 0.4) is 0 Å². The Kier molecular flexibility index (Phi) is 1.89. The van der Waals surface area contributed by atoms with Crippen LogP contribution in [0.25, 0.3) is 16.8 Å². The molecule has 4 fully saturated rings. The Morgan fingerprint density at radius 2 is 1.53 bits per heavy atom. The second-order valence-electron chi connectivity index (χ2n) is 6.65. The van der Waals surface area contributed by atoms with Gasteiger partial charge in [0.2, 0.25) is 0 Å². The summed E-state index contributed by atoms with van der Waals surface area (Å²) in [7, 11) is 0. The smallest absolute Gasteiger partial charge is 0.0111 e. The van der Waals surface area contributed by atoms with E-state index in [1.165, 1.54) is 35.6 Å². The largest absolute Gasteiger partial charge is 0.0628 e. The third kappa shape index (κ3) is 1.30. The highest BCUT2D eigenvalue weighted by atomic mass is 14.6. The van der Waals surface area contributed by atoms with Crippen molar-refractivity contribution in [1.29, 1.82) is 0 Å². The predicted molar refractivity (Wildman–Crippen MR) is 79.7 cm³/mol. The topological polar surface area (TPSA) is 0 Å². The lowest BCUT2D eigenvalue weighted by atomic mass is 9.92. The molecule has 2 aromatic rings. The normalized spacial score (nSPS) is 34.6. The van der Waals surface area contributed by atoms with Crippen molar-refractivity contribution in [2.24, 2.45) is 23.7 Å². The van der Waals surface area contributed by atoms with E-state index in [4.69, 9.17) is 0 Å². The van der Waals surface area contributed by atoms with Gasteiger partial charge >= 0.3 is 0 Å². The Hall–Kier alpha value is -1.56. The van der Waals surface area contributed by atoms with Gasteiger partial charge in [0.25, 0.3) is 0 Å². The molecule has 4 saturated carbocycles. The molecular weight excluding hydrogens is 228 g/mol. The Balaban J connectivity index is 1.67. The fraction of sp³-hybridized carbons (Fsp3) is 0.368. The lowest BCUT2D eigenvalue weighted by Crippen LogP contribution is -2.01. The van der Waals surface area contributed by atoms with Gasteiger partial charge in [-0.3, -0.25) is 0 Å². The molecular formula is C19H18. The SMILES string of the molecule is C(=C1[C@H]2C[C@@H]3C[C@H]2C[C@H]13)c1cccc2ccccc12. The quantitative estimate of drug-likeness (QED) is 0.671. The number of hydrogen-bond acceptors (Lipinski definition) is 0. The first-order chi connectivity index (χ1) is 9.40. The maximum absolute atomic E-state index is 2.54. The van der Waals surface area contributed by atoms with Crippen LogP contribution in [0, 0.1) is 23.7 Å². The zero-order chi connectivity index (χ0) is 12.4. The Morgan fingerprint density at radius 1 is 0.789 bits per heavy atom. The van der Waals surface area contributed by atoms with E-state index in [1.807, 2.05) is 0 Å². The zero-order valence-electron chi connectivity index (χ0n) is 11.0. The maximum atomic E-state index is 2.54. The Bertz CT molecular complexity index is 671. The molecule has 0 radical (unpaired) electrons. The number of rotatable bonds is 1. The second-order valence-corrected chi connectivity index (χ2v) is 6.65. The van der Waals surface area contributed by atoms with Gasteiger partial charge in [0, 0.05) is 0 Å². The van der Waals surface area contributed by atoms with Gasteiger partial charge in [-0.15, -0.1) is 0 Å². The fourth-order valence-electron chi connectivity index (χ4n) is 5.14. The average Bonchev–Trinajstić information content (AvgIpc) is 3.17. The Morgan fingerprint density at radius 3 is 2.32 bits per heavy atom. The summed E-state index contributed by atoms with van der Waals surface area (Å²) in [6, 6.07) is 15.5. The molecule has 2 aromatic carbocycles. The van der Waals surface area contributed by atoms with Crippen molar-refractivity contribution < 1.29 is 0 Å². The first-order valence-corrected chi connectivity index (χ1v) is 7.59. The van der Waals surface area contributed by atoms with Crippen LogP contribution in [0.2, 0.25) is 0 Å². The van der Waals surface area contributed by atoms with Gasteiger partial charge in [0.05, 0.1) is 0 Å². The van der Waals surface area contributed by atoms with Crippen molar-refractivity contribution in [3.63, 3.8) is 0 Å². The molecule has 0 aromatic heterocycles. The summed E-state index contributed by atoms with van der Waals surface area (Å²) in [4.78, 5) is 0. The molecule has 0 spiro atoms. The Labute approximate surface area is 114 Å². The van der Waals surface area contributed by atoms with Crippen LogP contribution in [0.4, 0.5) is 0 Å². The highest BCUT2D eigenvalue weighted by Gasteiger charge is 2.56. The molecule has 0 aliphatic heterocycles. The molecule has 0 amide bonds. The first kappa shape index (κ1) is 10.3. The molecule has 94 valence electrons. The third-order valence-corrected chi connectivity index (χ3v) is 5.86. The summed E-state index contributed by atoms with van der Waals surface area (Å²) in [5.74, 6) is 3.95.